The summed E-state index contributed by atoms with van der Waals surface area (Å²) in [6.07, 6.45) is -3.39. The molecule has 0 aliphatic carbocycles. The van der Waals surface area contributed by atoms with Gasteiger partial charge in [-0.05, 0) is 66.8 Å². The smallest absolute Gasteiger partial charge is 0.411 e. The lowest BCUT2D eigenvalue weighted by Crippen LogP contribution is -2.42. The number of rotatable bonds is 13. The summed E-state index contributed by atoms with van der Waals surface area (Å²) in [7, 11) is 0. The normalized spacial score (nSPS) is 11.4. The molecular weight excluding hydrogens is 553 g/mol. The van der Waals surface area contributed by atoms with Gasteiger partial charge in [0.15, 0.2) is 0 Å². The van der Waals surface area contributed by atoms with E-state index < -0.39 is 24.4 Å². The van der Waals surface area contributed by atoms with Gasteiger partial charge in [0.05, 0.1) is 6.04 Å². The number of primary amides is 2. The van der Waals surface area contributed by atoms with Crippen LogP contribution in [0.5, 0.6) is 11.5 Å². The molecule has 6 N–H and O–H groups in total. The highest BCUT2D eigenvalue weighted by Crippen LogP contribution is 2.23. The fourth-order valence-corrected chi connectivity index (χ4v) is 3.71. The highest BCUT2D eigenvalue weighted by atomic mass is 19.4. The van der Waals surface area contributed by atoms with Gasteiger partial charge < -0.3 is 31.6 Å². The van der Waals surface area contributed by atoms with E-state index in [0.29, 0.717) is 50.1 Å². The van der Waals surface area contributed by atoms with Gasteiger partial charge in [-0.15, -0.1) is 13.2 Å². The van der Waals surface area contributed by atoms with Crippen LogP contribution in [0.2, 0.25) is 0 Å². The van der Waals surface area contributed by atoms with E-state index in [1.807, 2.05) is 30.3 Å². The minimum absolute atomic E-state index is 0.00235. The van der Waals surface area contributed by atoms with Crippen LogP contribution in [-0.2, 0) is 29.0 Å². The van der Waals surface area contributed by atoms with E-state index in [2.05, 4.69) is 20.1 Å². The third-order valence-electron chi connectivity index (χ3n) is 5.80. The van der Waals surface area contributed by atoms with E-state index >= 15 is 0 Å². The molecule has 0 saturated carbocycles. The zero-order valence-corrected chi connectivity index (χ0v) is 23.2. The number of benzene rings is 3. The van der Waals surface area contributed by atoms with Gasteiger partial charge in [-0.3, -0.25) is 9.59 Å². The van der Waals surface area contributed by atoms with E-state index in [1.54, 1.807) is 37.3 Å². The average molecular weight is 589 g/mol. The molecule has 3 rings (SSSR count). The van der Waals surface area contributed by atoms with Crippen molar-refractivity contribution in [3.8, 4) is 11.5 Å². The first kappa shape index (κ1) is 33.6. The van der Waals surface area contributed by atoms with Gasteiger partial charge >= 0.3 is 12.5 Å². The van der Waals surface area contributed by atoms with E-state index in [-0.39, 0.29) is 11.7 Å². The standard InChI is InChI=1S/C19H21F3N2O2.C11H14N2O3/c20-19(21,22)26-16-8-4-7-15(13-16)11-12-24-17(18(23)25)10-9-14-5-2-1-3-6-14;1-2-10(14)13-7-8-3-5-9(6-4-8)16-11(12)15/h1-8,13,17,24H,9-12H2,(H2,23,25);3-6H,2,7H2,1H3,(H2,12,15)(H,13,14)/t17-;/m1./s1. The van der Waals surface area contributed by atoms with E-state index in [4.69, 9.17) is 11.5 Å². The summed E-state index contributed by atoms with van der Waals surface area (Å²) < 4.78 is 45.3. The maximum absolute atomic E-state index is 12.3. The molecule has 0 aromatic heterocycles. The second-order valence-corrected chi connectivity index (χ2v) is 9.07. The molecule has 0 spiro atoms. The molecule has 1 atom stereocenters. The molecule has 0 fully saturated rings. The number of amides is 3. The molecule has 0 bridgehead atoms. The number of carbonyl (C=O) groups excluding carboxylic acids is 3. The van der Waals surface area contributed by atoms with Crippen molar-refractivity contribution in [1.82, 2.24) is 10.6 Å². The van der Waals surface area contributed by atoms with Gasteiger partial charge in [0, 0.05) is 13.0 Å². The van der Waals surface area contributed by atoms with Crippen LogP contribution in [-0.4, -0.2) is 36.9 Å². The third kappa shape index (κ3) is 14.2. The minimum Gasteiger partial charge on any atom is -0.411 e. The Bertz CT molecular complexity index is 1270. The van der Waals surface area contributed by atoms with Crippen LogP contribution >= 0.6 is 0 Å². The molecule has 0 heterocycles. The average Bonchev–Trinajstić information content (AvgIpc) is 2.94. The minimum atomic E-state index is -4.72. The lowest BCUT2D eigenvalue weighted by atomic mass is 10.0. The highest BCUT2D eigenvalue weighted by molar-refractivity contribution is 5.79. The Kier molecular flexibility index (Phi) is 13.8. The van der Waals surface area contributed by atoms with Crippen LogP contribution in [0.25, 0.3) is 0 Å². The zero-order valence-electron chi connectivity index (χ0n) is 23.2. The largest absolute Gasteiger partial charge is 0.573 e. The van der Waals surface area contributed by atoms with Crippen LogP contribution in [0.3, 0.4) is 0 Å². The zero-order chi connectivity index (χ0) is 31.0. The molecule has 3 aromatic carbocycles. The van der Waals surface area contributed by atoms with Crippen molar-refractivity contribution in [2.75, 3.05) is 6.54 Å². The highest BCUT2D eigenvalue weighted by Gasteiger charge is 2.31. The van der Waals surface area contributed by atoms with Crippen LogP contribution in [0.1, 0.15) is 36.5 Å². The number of hydrogen-bond acceptors (Lipinski definition) is 6. The van der Waals surface area contributed by atoms with Crippen LogP contribution in [0.15, 0.2) is 78.9 Å². The van der Waals surface area contributed by atoms with Crippen LogP contribution in [0, 0.1) is 0 Å². The summed E-state index contributed by atoms with van der Waals surface area (Å²) in [6.45, 7) is 2.67. The number of nitrogens with one attached hydrogen (secondary N) is 2. The molecule has 3 aromatic rings. The number of ether oxygens (including phenoxy) is 2. The number of carbonyl (C=O) groups is 3. The number of nitrogens with two attached hydrogens (primary N) is 2. The first-order chi connectivity index (χ1) is 19.9. The molecule has 0 aliphatic heterocycles. The van der Waals surface area contributed by atoms with E-state index in [1.165, 1.54) is 18.2 Å². The topological polar surface area (TPSA) is 146 Å². The van der Waals surface area contributed by atoms with Crippen molar-refractivity contribution in [3.63, 3.8) is 0 Å². The Morgan fingerprint density at radius 1 is 0.833 bits per heavy atom. The predicted molar refractivity (Wildman–Crippen MR) is 151 cm³/mol. The van der Waals surface area contributed by atoms with Gasteiger partial charge in [-0.1, -0.05) is 61.5 Å². The van der Waals surface area contributed by atoms with Gasteiger partial charge in [0.2, 0.25) is 11.8 Å². The second-order valence-electron chi connectivity index (χ2n) is 9.07. The Balaban J connectivity index is 0.000000330. The summed E-state index contributed by atoms with van der Waals surface area (Å²) in [5, 5.41) is 5.81. The molecule has 12 heteroatoms. The molecule has 0 unspecified atom stereocenters. The molecule has 42 heavy (non-hydrogen) atoms. The number of alkyl halides is 3. The summed E-state index contributed by atoms with van der Waals surface area (Å²) in [4.78, 5) is 33.0. The van der Waals surface area contributed by atoms with Crippen molar-refractivity contribution in [3.05, 3.63) is 95.6 Å². The Morgan fingerprint density at radius 3 is 2.10 bits per heavy atom. The van der Waals surface area contributed by atoms with Crippen molar-refractivity contribution >= 4 is 17.9 Å². The lowest BCUT2D eigenvalue weighted by Gasteiger charge is -2.16. The molecular formula is C30H35F3N4O5. The number of hydrogen-bond donors (Lipinski definition) is 4. The fourth-order valence-electron chi connectivity index (χ4n) is 3.71. The van der Waals surface area contributed by atoms with Crippen molar-refractivity contribution in [2.45, 2.75) is 51.6 Å². The van der Waals surface area contributed by atoms with Crippen LogP contribution < -0.4 is 31.6 Å². The SMILES string of the molecule is CCC(=O)NCc1ccc(OC(N)=O)cc1.NC(=O)[C@@H](CCc1ccccc1)NCCc1cccc(OC(F)(F)F)c1. The summed E-state index contributed by atoms with van der Waals surface area (Å²) in [5.74, 6) is -0.323. The van der Waals surface area contributed by atoms with E-state index in [0.717, 1.165) is 11.1 Å². The van der Waals surface area contributed by atoms with E-state index in [9.17, 15) is 27.6 Å². The fraction of sp³-hybridized carbons (Fsp3) is 0.300. The Morgan fingerprint density at radius 2 is 1.50 bits per heavy atom. The Labute approximate surface area is 242 Å². The number of halogens is 3. The third-order valence-corrected chi connectivity index (χ3v) is 5.80. The second kappa shape index (κ2) is 17.3. The van der Waals surface area contributed by atoms with Crippen molar-refractivity contribution < 1.29 is 37.0 Å². The first-order valence-corrected chi connectivity index (χ1v) is 13.2. The summed E-state index contributed by atoms with van der Waals surface area (Å²) >= 11 is 0. The maximum atomic E-state index is 12.3. The van der Waals surface area contributed by atoms with Crippen LogP contribution in [0.4, 0.5) is 18.0 Å². The molecule has 0 radical (unpaired) electrons. The monoisotopic (exact) mass is 588 g/mol. The molecule has 9 nitrogen and oxygen atoms in total. The van der Waals surface area contributed by atoms with Gasteiger partial charge in [-0.2, -0.15) is 0 Å². The quantitative estimate of drug-likeness (QED) is 0.233. The van der Waals surface area contributed by atoms with Crippen molar-refractivity contribution in [1.29, 1.82) is 0 Å². The summed E-state index contributed by atoms with van der Waals surface area (Å²) in [5.41, 5.74) is 13.0. The molecule has 0 saturated heterocycles. The maximum Gasteiger partial charge on any atom is 0.573 e. The summed E-state index contributed by atoms with van der Waals surface area (Å²) in [6, 6.07) is 21.8. The van der Waals surface area contributed by atoms with Crippen molar-refractivity contribution in [2.24, 2.45) is 11.5 Å². The van der Waals surface area contributed by atoms with Gasteiger partial charge in [0.1, 0.15) is 11.5 Å². The number of aryl methyl sites for hydroxylation is 1. The first-order valence-electron chi connectivity index (χ1n) is 13.2. The molecule has 3 amide bonds. The molecule has 0 aliphatic rings. The van der Waals surface area contributed by atoms with Gasteiger partial charge in [-0.25, -0.2) is 4.79 Å². The Hall–Kier alpha value is -4.58. The van der Waals surface area contributed by atoms with Gasteiger partial charge in [0.25, 0.3) is 0 Å². The molecule has 226 valence electrons. The lowest BCUT2D eigenvalue weighted by molar-refractivity contribution is -0.274. The predicted octanol–water partition coefficient (Wildman–Crippen LogP) is 4.37.